The van der Waals surface area contributed by atoms with Crippen molar-refractivity contribution in [3.8, 4) is 0 Å². The fraction of sp³-hybridized carbons (Fsp3) is 0.435. The molecule has 166 valence electrons. The molecule has 8 heteroatoms. The highest BCUT2D eigenvalue weighted by molar-refractivity contribution is 5.99. The number of amides is 2. The third-order valence-corrected chi connectivity index (χ3v) is 5.60. The van der Waals surface area contributed by atoms with Gasteiger partial charge in [-0.2, -0.15) is 0 Å². The first-order valence-electron chi connectivity index (χ1n) is 10.7. The molecule has 0 saturated carbocycles. The van der Waals surface area contributed by atoms with Gasteiger partial charge in [0, 0.05) is 19.8 Å². The predicted octanol–water partition coefficient (Wildman–Crippen LogP) is 1.90. The number of carbonyl (C=O) groups excluding carboxylic acids is 2. The van der Waals surface area contributed by atoms with E-state index in [1.165, 1.54) is 36.0 Å². The molecular formula is C23H29FN4O3. The van der Waals surface area contributed by atoms with Crippen molar-refractivity contribution in [2.75, 3.05) is 26.7 Å². The molecule has 1 aliphatic heterocycles. The van der Waals surface area contributed by atoms with Gasteiger partial charge in [0.25, 0.3) is 17.4 Å². The summed E-state index contributed by atoms with van der Waals surface area (Å²) in [6.45, 7) is 2.68. The molecule has 7 nitrogen and oxygen atoms in total. The number of hydrogen-bond acceptors (Lipinski definition) is 4. The van der Waals surface area contributed by atoms with E-state index >= 15 is 0 Å². The summed E-state index contributed by atoms with van der Waals surface area (Å²) < 4.78 is 14.8. The SMILES string of the molecule is CNC(=O)c1cc(C(=O)NCCCC2CCNCC2)cn(Cc2cccc(F)c2)c1=O. The number of nitrogens with one attached hydrogen (secondary N) is 3. The summed E-state index contributed by atoms with van der Waals surface area (Å²) in [4.78, 5) is 37.6. The lowest BCUT2D eigenvalue weighted by molar-refractivity contribution is 0.0951. The Hall–Kier alpha value is -3.00. The summed E-state index contributed by atoms with van der Waals surface area (Å²) in [5.41, 5.74) is 0.119. The second kappa shape index (κ2) is 10.9. The molecule has 0 atom stereocenters. The summed E-state index contributed by atoms with van der Waals surface area (Å²) >= 11 is 0. The minimum atomic E-state index is -0.571. The highest BCUT2D eigenvalue weighted by Gasteiger charge is 2.17. The zero-order chi connectivity index (χ0) is 22.2. The van der Waals surface area contributed by atoms with Crippen LogP contribution in [0.15, 0.2) is 41.3 Å². The smallest absolute Gasteiger partial charge is 0.263 e. The molecule has 2 amide bonds. The van der Waals surface area contributed by atoms with Crippen molar-refractivity contribution in [1.82, 2.24) is 20.5 Å². The lowest BCUT2D eigenvalue weighted by Crippen LogP contribution is -2.34. The summed E-state index contributed by atoms with van der Waals surface area (Å²) in [5, 5.41) is 8.65. The first kappa shape index (κ1) is 22.7. The van der Waals surface area contributed by atoms with Gasteiger partial charge in [0.1, 0.15) is 11.4 Å². The number of piperidine rings is 1. The van der Waals surface area contributed by atoms with Crippen LogP contribution in [0.3, 0.4) is 0 Å². The van der Waals surface area contributed by atoms with Crippen molar-refractivity contribution in [3.05, 3.63) is 69.4 Å². The highest BCUT2D eigenvalue weighted by Crippen LogP contribution is 2.17. The van der Waals surface area contributed by atoms with Crippen LogP contribution in [-0.2, 0) is 6.54 Å². The molecule has 0 unspecified atom stereocenters. The summed E-state index contributed by atoms with van der Waals surface area (Å²) in [7, 11) is 1.42. The molecule has 0 bridgehead atoms. The Morgan fingerprint density at radius 2 is 1.97 bits per heavy atom. The number of hydrogen-bond donors (Lipinski definition) is 3. The molecule has 1 saturated heterocycles. The quantitative estimate of drug-likeness (QED) is 0.560. The molecule has 1 fully saturated rings. The number of carbonyl (C=O) groups is 2. The maximum atomic E-state index is 13.5. The molecular weight excluding hydrogens is 399 g/mol. The second-order valence-electron chi connectivity index (χ2n) is 7.88. The van der Waals surface area contributed by atoms with Gasteiger partial charge in [0.15, 0.2) is 0 Å². The standard InChI is InChI=1S/C23H29FN4O3/c1-25-22(30)20-13-18(21(29)27-9-3-5-16-7-10-26-11-8-16)15-28(23(20)31)14-17-4-2-6-19(24)12-17/h2,4,6,12-13,15-16,26H,3,5,7-11,14H2,1H3,(H,25,30)(H,27,29). The summed E-state index contributed by atoms with van der Waals surface area (Å²) in [5.74, 6) is -0.645. The lowest BCUT2D eigenvalue weighted by Gasteiger charge is -2.22. The van der Waals surface area contributed by atoms with E-state index in [4.69, 9.17) is 0 Å². The van der Waals surface area contributed by atoms with Gasteiger partial charge in [-0.3, -0.25) is 14.4 Å². The lowest BCUT2D eigenvalue weighted by atomic mass is 9.93. The van der Waals surface area contributed by atoms with E-state index in [1.807, 2.05) is 0 Å². The first-order chi connectivity index (χ1) is 15.0. The van der Waals surface area contributed by atoms with Gasteiger partial charge in [-0.15, -0.1) is 0 Å². The molecule has 3 N–H and O–H groups in total. The Bertz CT molecular complexity index is 983. The number of rotatable bonds is 8. The van der Waals surface area contributed by atoms with E-state index in [-0.39, 0.29) is 23.6 Å². The molecule has 1 aromatic heterocycles. The Labute approximate surface area is 181 Å². The van der Waals surface area contributed by atoms with Gasteiger partial charge in [0.2, 0.25) is 0 Å². The zero-order valence-corrected chi connectivity index (χ0v) is 17.7. The van der Waals surface area contributed by atoms with E-state index < -0.39 is 17.3 Å². The molecule has 1 aliphatic rings. The maximum Gasteiger partial charge on any atom is 0.263 e. The van der Waals surface area contributed by atoms with Crippen molar-refractivity contribution < 1.29 is 14.0 Å². The van der Waals surface area contributed by atoms with Crippen LogP contribution in [0.25, 0.3) is 0 Å². The Morgan fingerprint density at radius 3 is 2.68 bits per heavy atom. The molecule has 0 spiro atoms. The van der Waals surface area contributed by atoms with Crippen molar-refractivity contribution >= 4 is 11.8 Å². The second-order valence-corrected chi connectivity index (χ2v) is 7.88. The Kier molecular flexibility index (Phi) is 7.94. The third kappa shape index (κ3) is 6.24. The largest absolute Gasteiger partial charge is 0.355 e. The molecule has 31 heavy (non-hydrogen) atoms. The van der Waals surface area contributed by atoms with E-state index in [2.05, 4.69) is 16.0 Å². The molecule has 0 radical (unpaired) electrons. The van der Waals surface area contributed by atoms with Gasteiger partial charge in [-0.25, -0.2) is 4.39 Å². The number of aromatic nitrogens is 1. The third-order valence-electron chi connectivity index (χ3n) is 5.60. The number of halogens is 1. The van der Waals surface area contributed by atoms with Crippen LogP contribution in [0.4, 0.5) is 4.39 Å². The van der Waals surface area contributed by atoms with Gasteiger partial charge >= 0.3 is 0 Å². The molecule has 2 aromatic rings. The summed E-state index contributed by atoms with van der Waals surface area (Å²) in [6, 6.07) is 7.18. The van der Waals surface area contributed by atoms with Crippen molar-refractivity contribution in [2.45, 2.75) is 32.2 Å². The predicted molar refractivity (Wildman–Crippen MR) is 117 cm³/mol. The van der Waals surface area contributed by atoms with E-state index in [9.17, 15) is 18.8 Å². The molecule has 1 aromatic carbocycles. The van der Waals surface area contributed by atoms with Crippen LogP contribution in [0.2, 0.25) is 0 Å². The Balaban J connectivity index is 1.72. The van der Waals surface area contributed by atoms with Crippen LogP contribution in [0, 0.1) is 11.7 Å². The number of pyridine rings is 1. The van der Waals surface area contributed by atoms with Crippen LogP contribution in [0.1, 0.15) is 52.0 Å². The van der Waals surface area contributed by atoms with E-state index in [0.29, 0.717) is 18.0 Å². The Morgan fingerprint density at radius 1 is 1.19 bits per heavy atom. The maximum absolute atomic E-state index is 13.5. The van der Waals surface area contributed by atoms with Crippen molar-refractivity contribution in [3.63, 3.8) is 0 Å². The average Bonchev–Trinajstić information content (AvgIpc) is 2.78. The van der Waals surface area contributed by atoms with Crippen molar-refractivity contribution in [2.24, 2.45) is 5.92 Å². The average molecular weight is 429 g/mol. The summed E-state index contributed by atoms with van der Waals surface area (Å²) in [6.07, 6.45) is 5.68. The highest BCUT2D eigenvalue weighted by atomic mass is 19.1. The molecule has 2 heterocycles. The van der Waals surface area contributed by atoms with Crippen LogP contribution >= 0.6 is 0 Å². The normalized spacial score (nSPS) is 14.3. The number of nitrogens with zero attached hydrogens (tertiary/aromatic N) is 1. The van der Waals surface area contributed by atoms with E-state index in [1.54, 1.807) is 12.1 Å². The van der Waals surface area contributed by atoms with Crippen LogP contribution in [0.5, 0.6) is 0 Å². The zero-order valence-electron chi connectivity index (χ0n) is 17.7. The topological polar surface area (TPSA) is 92.2 Å². The van der Waals surface area contributed by atoms with E-state index in [0.717, 1.165) is 38.8 Å². The van der Waals surface area contributed by atoms with Crippen LogP contribution < -0.4 is 21.5 Å². The first-order valence-corrected chi connectivity index (χ1v) is 10.7. The minimum absolute atomic E-state index is 0.0530. The number of benzene rings is 1. The van der Waals surface area contributed by atoms with Gasteiger partial charge in [0.05, 0.1) is 12.1 Å². The molecule has 0 aliphatic carbocycles. The van der Waals surface area contributed by atoms with Crippen LogP contribution in [-0.4, -0.2) is 43.1 Å². The van der Waals surface area contributed by atoms with Gasteiger partial charge < -0.3 is 20.5 Å². The monoisotopic (exact) mass is 428 g/mol. The van der Waals surface area contributed by atoms with Crippen molar-refractivity contribution in [1.29, 1.82) is 0 Å². The fourth-order valence-corrected chi connectivity index (χ4v) is 3.87. The fourth-order valence-electron chi connectivity index (χ4n) is 3.87. The molecule has 3 rings (SSSR count). The van der Waals surface area contributed by atoms with Gasteiger partial charge in [-0.05, 0) is 68.5 Å². The van der Waals surface area contributed by atoms with Gasteiger partial charge in [-0.1, -0.05) is 12.1 Å². The minimum Gasteiger partial charge on any atom is -0.355 e.